The third-order valence-corrected chi connectivity index (χ3v) is 2.95. The molecule has 0 fully saturated rings. The van der Waals surface area contributed by atoms with Crippen LogP contribution in [-0.4, -0.2) is 26.5 Å². The van der Waals surface area contributed by atoms with E-state index < -0.39 is 0 Å². The average Bonchev–Trinajstić information content (AvgIpc) is 2.92. The maximum Gasteiger partial charge on any atom is 0.142 e. The van der Waals surface area contributed by atoms with Crippen molar-refractivity contribution in [1.82, 2.24) is 25.3 Å². The first-order chi connectivity index (χ1) is 9.36. The molecule has 3 rings (SSSR count). The minimum absolute atomic E-state index is 0.691. The number of hydrogen-bond acceptors (Lipinski definition) is 4. The highest BCUT2D eigenvalue weighted by molar-refractivity contribution is 5.80. The number of H-pyrrole nitrogens is 1. The van der Waals surface area contributed by atoms with Gasteiger partial charge < -0.3 is 10.3 Å². The molecule has 3 aromatic rings. The van der Waals surface area contributed by atoms with Gasteiger partial charge in [0.15, 0.2) is 0 Å². The Morgan fingerprint density at radius 2 is 2.16 bits per heavy atom. The molecular weight excluding hydrogens is 238 g/mol. The fraction of sp³-hybridized carbons (Fsp3) is 0.214. The van der Waals surface area contributed by atoms with Crippen molar-refractivity contribution >= 4 is 11.0 Å². The number of rotatable bonds is 4. The molecular formula is C14H15N5. The second kappa shape index (κ2) is 5.16. The molecule has 0 amide bonds. The summed E-state index contributed by atoms with van der Waals surface area (Å²) in [5.74, 6) is 0.809. The van der Waals surface area contributed by atoms with Gasteiger partial charge in [-0.05, 0) is 24.7 Å². The van der Waals surface area contributed by atoms with E-state index in [1.165, 1.54) is 0 Å². The van der Waals surface area contributed by atoms with Gasteiger partial charge in [-0.1, -0.05) is 13.0 Å². The van der Waals surface area contributed by atoms with E-state index in [0.717, 1.165) is 34.7 Å². The van der Waals surface area contributed by atoms with Crippen LogP contribution in [0.25, 0.3) is 22.3 Å². The number of benzene rings is 1. The van der Waals surface area contributed by atoms with Crippen molar-refractivity contribution < 1.29 is 0 Å². The van der Waals surface area contributed by atoms with E-state index in [-0.39, 0.29) is 0 Å². The SMILES string of the molecule is CCNCc1nccc(-c2ccc3nc[nH]c3c2)n1. The molecule has 19 heavy (non-hydrogen) atoms. The van der Waals surface area contributed by atoms with E-state index in [4.69, 9.17) is 0 Å². The van der Waals surface area contributed by atoms with E-state index in [0.29, 0.717) is 6.54 Å². The van der Waals surface area contributed by atoms with Crippen molar-refractivity contribution in [2.24, 2.45) is 0 Å². The van der Waals surface area contributed by atoms with Crippen LogP contribution in [0.4, 0.5) is 0 Å². The van der Waals surface area contributed by atoms with Gasteiger partial charge in [0.25, 0.3) is 0 Å². The van der Waals surface area contributed by atoms with Crippen molar-refractivity contribution in [2.75, 3.05) is 6.54 Å². The van der Waals surface area contributed by atoms with Crippen molar-refractivity contribution in [2.45, 2.75) is 13.5 Å². The van der Waals surface area contributed by atoms with Crippen LogP contribution in [0.3, 0.4) is 0 Å². The average molecular weight is 253 g/mol. The van der Waals surface area contributed by atoms with Gasteiger partial charge in [-0.2, -0.15) is 0 Å². The minimum atomic E-state index is 0.691. The lowest BCUT2D eigenvalue weighted by Gasteiger charge is -2.04. The second-order valence-electron chi connectivity index (χ2n) is 4.27. The third-order valence-electron chi connectivity index (χ3n) is 2.95. The zero-order chi connectivity index (χ0) is 13.1. The predicted molar refractivity (Wildman–Crippen MR) is 74.5 cm³/mol. The highest BCUT2D eigenvalue weighted by Gasteiger charge is 2.04. The fourth-order valence-electron chi connectivity index (χ4n) is 1.98. The molecule has 0 aliphatic rings. The summed E-state index contributed by atoms with van der Waals surface area (Å²) in [6.07, 6.45) is 3.50. The zero-order valence-corrected chi connectivity index (χ0v) is 10.7. The summed E-state index contributed by atoms with van der Waals surface area (Å²) in [5, 5.41) is 3.23. The summed E-state index contributed by atoms with van der Waals surface area (Å²) in [6, 6.07) is 8.00. The van der Waals surface area contributed by atoms with Crippen LogP contribution in [0, 0.1) is 0 Å². The van der Waals surface area contributed by atoms with E-state index in [2.05, 4.69) is 38.2 Å². The van der Waals surface area contributed by atoms with Gasteiger partial charge in [-0.25, -0.2) is 15.0 Å². The number of aromatic nitrogens is 4. The molecule has 0 saturated heterocycles. The lowest BCUT2D eigenvalue weighted by molar-refractivity contribution is 0.691. The minimum Gasteiger partial charge on any atom is -0.345 e. The first-order valence-corrected chi connectivity index (χ1v) is 6.33. The fourth-order valence-corrected chi connectivity index (χ4v) is 1.98. The van der Waals surface area contributed by atoms with E-state index in [1.807, 2.05) is 18.2 Å². The topological polar surface area (TPSA) is 66.5 Å². The number of nitrogens with zero attached hydrogens (tertiary/aromatic N) is 3. The lowest BCUT2D eigenvalue weighted by atomic mass is 10.1. The smallest absolute Gasteiger partial charge is 0.142 e. The summed E-state index contributed by atoms with van der Waals surface area (Å²) in [5.41, 5.74) is 3.98. The zero-order valence-electron chi connectivity index (χ0n) is 10.7. The van der Waals surface area contributed by atoms with E-state index in [9.17, 15) is 0 Å². The summed E-state index contributed by atoms with van der Waals surface area (Å²) in [6.45, 7) is 3.67. The van der Waals surface area contributed by atoms with Crippen molar-refractivity contribution in [1.29, 1.82) is 0 Å². The Morgan fingerprint density at radius 3 is 3.05 bits per heavy atom. The summed E-state index contributed by atoms with van der Waals surface area (Å²) < 4.78 is 0. The highest BCUT2D eigenvalue weighted by atomic mass is 15.0. The maximum absolute atomic E-state index is 4.56. The third kappa shape index (κ3) is 2.46. The molecule has 0 unspecified atom stereocenters. The van der Waals surface area contributed by atoms with Crippen LogP contribution in [-0.2, 0) is 6.54 Å². The molecule has 1 aromatic carbocycles. The maximum atomic E-state index is 4.56. The summed E-state index contributed by atoms with van der Waals surface area (Å²) in [4.78, 5) is 16.1. The predicted octanol–water partition coefficient (Wildman–Crippen LogP) is 2.13. The van der Waals surface area contributed by atoms with Crippen LogP contribution in [0.15, 0.2) is 36.8 Å². The molecule has 5 heteroatoms. The van der Waals surface area contributed by atoms with Crippen molar-refractivity contribution in [3.05, 3.63) is 42.6 Å². The lowest BCUT2D eigenvalue weighted by Crippen LogP contribution is -2.14. The molecule has 96 valence electrons. The molecule has 0 bridgehead atoms. The number of imidazole rings is 1. The molecule has 0 aliphatic carbocycles. The summed E-state index contributed by atoms with van der Waals surface area (Å²) >= 11 is 0. The molecule has 2 heterocycles. The van der Waals surface area contributed by atoms with Crippen LogP contribution < -0.4 is 5.32 Å². The van der Waals surface area contributed by atoms with Crippen LogP contribution >= 0.6 is 0 Å². The Labute approximate surface area is 111 Å². The van der Waals surface area contributed by atoms with Gasteiger partial charge in [0.05, 0.1) is 29.6 Å². The van der Waals surface area contributed by atoms with Crippen molar-refractivity contribution in [3.8, 4) is 11.3 Å². The van der Waals surface area contributed by atoms with Gasteiger partial charge in [0.1, 0.15) is 5.82 Å². The Morgan fingerprint density at radius 1 is 1.21 bits per heavy atom. The standard InChI is InChI=1S/C14H15N5/c1-2-15-8-14-16-6-5-11(19-14)10-3-4-12-13(7-10)18-9-17-12/h3-7,9,15H,2,8H2,1H3,(H,17,18). The van der Waals surface area contributed by atoms with Gasteiger partial charge in [-0.3, -0.25) is 0 Å². The second-order valence-corrected chi connectivity index (χ2v) is 4.27. The Kier molecular flexibility index (Phi) is 3.20. The Bertz CT molecular complexity index is 689. The number of nitrogens with one attached hydrogen (secondary N) is 2. The molecule has 0 spiro atoms. The van der Waals surface area contributed by atoms with Gasteiger partial charge in [-0.15, -0.1) is 0 Å². The molecule has 0 radical (unpaired) electrons. The van der Waals surface area contributed by atoms with E-state index in [1.54, 1.807) is 12.5 Å². The number of hydrogen-bond donors (Lipinski definition) is 2. The number of fused-ring (bicyclic) bond motifs is 1. The molecule has 2 N–H and O–H groups in total. The monoisotopic (exact) mass is 253 g/mol. The molecule has 5 nitrogen and oxygen atoms in total. The first-order valence-electron chi connectivity index (χ1n) is 6.33. The molecule has 2 aromatic heterocycles. The Balaban J connectivity index is 1.95. The van der Waals surface area contributed by atoms with Crippen LogP contribution in [0.2, 0.25) is 0 Å². The highest BCUT2D eigenvalue weighted by Crippen LogP contribution is 2.20. The van der Waals surface area contributed by atoms with Gasteiger partial charge in [0, 0.05) is 11.8 Å². The summed E-state index contributed by atoms with van der Waals surface area (Å²) in [7, 11) is 0. The first kappa shape index (κ1) is 11.8. The largest absolute Gasteiger partial charge is 0.345 e. The van der Waals surface area contributed by atoms with Crippen molar-refractivity contribution in [3.63, 3.8) is 0 Å². The van der Waals surface area contributed by atoms with Crippen LogP contribution in [0.5, 0.6) is 0 Å². The normalized spacial score (nSPS) is 11.0. The van der Waals surface area contributed by atoms with Gasteiger partial charge >= 0.3 is 0 Å². The molecule has 0 atom stereocenters. The van der Waals surface area contributed by atoms with E-state index >= 15 is 0 Å². The number of aromatic amines is 1. The van der Waals surface area contributed by atoms with Crippen LogP contribution in [0.1, 0.15) is 12.7 Å². The Hall–Kier alpha value is -2.27. The quantitative estimate of drug-likeness (QED) is 0.747. The van der Waals surface area contributed by atoms with Gasteiger partial charge in [0.2, 0.25) is 0 Å². The molecule has 0 aliphatic heterocycles. The molecule has 0 saturated carbocycles.